The second-order valence-corrected chi connectivity index (χ2v) is 4.27. The SMILES string of the molecule is CCCCC(CC)COC(=O)C=CC(=O)OCCO. The molecule has 5 nitrogen and oxygen atoms in total. The third kappa shape index (κ3) is 10.3. The van der Waals surface area contributed by atoms with Gasteiger partial charge in [0.25, 0.3) is 0 Å². The summed E-state index contributed by atoms with van der Waals surface area (Å²) in [6, 6.07) is 0. The van der Waals surface area contributed by atoms with Gasteiger partial charge >= 0.3 is 11.9 Å². The number of hydrogen-bond donors (Lipinski definition) is 1. The maximum atomic E-state index is 11.3. The number of esters is 2. The van der Waals surface area contributed by atoms with Crippen LogP contribution in [-0.2, 0) is 19.1 Å². The van der Waals surface area contributed by atoms with E-state index < -0.39 is 11.9 Å². The van der Waals surface area contributed by atoms with Gasteiger partial charge in [-0.05, 0) is 12.3 Å². The Morgan fingerprint density at radius 3 is 2.32 bits per heavy atom. The zero-order chi connectivity index (χ0) is 14.5. The van der Waals surface area contributed by atoms with E-state index in [0.717, 1.165) is 37.8 Å². The molecule has 0 radical (unpaired) electrons. The summed E-state index contributed by atoms with van der Waals surface area (Å²) in [7, 11) is 0. The maximum Gasteiger partial charge on any atom is 0.331 e. The van der Waals surface area contributed by atoms with E-state index in [2.05, 4.69) is 18.6 Å². The normalized spacial score (nSPS) is 12.4. The van der Waals surface area contributed by atoms with Gasteiger partial charge in [-0.3, -0.25) is 0 Å². The van der Waals surface area contributed by atoms with Crippen LogP contribution in [0.2, 0.25) is 0 Å². The molecule has 110 valence electrons. The number of aliphatic hydroxyl groups excluding tert-OH is 1. The molecule has 0 spiro atoms. The van der Waals surface area contributed by atoms with Crippen LogP contribution in [-0.4, -0.2) is 36.9 Å². The Balaban J connectivity index is 3.89. The zero-order valence-corrected chi connectivity index (χ0v) is 11.8. The van der Waals surface area contributed by atoms with Crippen molar-refractivity contribution in [2.45, 2.75) is 39.5 Å². The number of carbonyl (C=O) groups is 2. The molecule has 0 aromatic rings. The van der Waals surface area contributed by atoms with E-state index in [4.69, 9.17) is 9.84 Å². The first-order chi connectivity index (χ1) is 9.13. The van der Waals surface area contributed by atoms with Crippen molar-refractivity contribution < 1.29 is 24.2 Å². The quantitative estimate of drug-likeness (QED) is 0.485. The van der Waals surface area contributed by atoms with Crippen LogP contribution in [0.3, 0.4) is 0 Å². The van der Waals surface area contributed by atoms with Crippen molar-refractivity contribution in [3.05, 3.63) is 12.2 Å². The summed E-state index contributed by atoms with van der Waals surface area (Å²) in [5.41, 5.74) is 0. The summed E-state index contributed by atoms with van der Waals surface area (Å²) in [5.74, 6) is -0.835. The Hall–Kier alpha value is -1.36. The summed E-state index contributed by atoms with van der Waals surface area (Å²) in [6.45, 7) is 4.26. The van der Waals surface area contributed by atoms with E-state index in [1.165, 1.54) is 0 Å². The van der Waals surface area contributed by atoms with Crippen LogP contribution in [0.4, 0.5) is 0 Å². The molecule has 0 amide bonds. The van der Waals surface area contributed by atoms with Crippen LogP contribution in [0.25, 0.3) is 0 Å². The highest BCUT2D eigenvalue weighted by Gasteiger charge is 2.08. The third-order valence-corrected chi connectivity index (χ3v) is 2.70. The standard InChI is InChI=1S/C14H24O5/c1-3-5-6-12(4-2)11-19-14(17)8-7-13(16)18-10-9-15/h7-8,12,15H,3-6,9-11H2,1-2H3. The number of hydrogen-bond acceptors (Lipinski definition) is 5. The van der Waals surface area contributed by atoms with Crippen LogP contribution in [0.5, 0.6) is 0 Å². The first kappa shape index (κ1) is 17.6. The number of aliphatic hydroxyl groups is 1. The van der Waals surface area contributed by atoms with Crippen molar-refractivity contribution in [2.24, 2.45) is 5.92 Å². The Labute approximate surface area is 114 Å². The molecule has 0 aliphatic heterocycles. The molecule has 0 heterocycles. The van der Waals surface area contributed by atoms with Crippen molar-refractivity contribution in [1.29, 1.82) is 0 Å². The maximum absolute atomic E-state index is 11.3. The largest absolute Gasteiger partial charge is 0.462 e. The van der Waals surface area contributed by atoms with Gasteiger partial charge < -0.3 is 14.6 Å². The second kappa shape index (κ2) is 11.7. The highest BCUT2D eigenvalue weighted by molar-refractivity contribution is 5.91. The second-order valence-electron chi connectivity index (χ2n) is 4.27. The lowest BCUT2D eigenvalue weighted by atomic mass is 10.0. The van der Waals surface area contributed by atoms with Crippen LogP contribution < -0.4 is 0 Å². The third-order valence-electron chi connectivity index (χ3n) is 2.70. The molecule has 0 aliphatic carbocycles. The summed E-state index contributed by atoms with van der Waals surface area (Å²) in [4.78, 5) is 22.4. The van der Waals surface area contributed by atoms with E-state index >= 15 is 0 Å². The number of rotatable bonds is 10. The molecule has 0 saturated carbocycles. The minimum atomic E-state index is -0.663. The van der Waals surface area contributed by atoms with Gasteiger partial charge in [0.1, 0.15) is 6.61 Å². The van der Waals surface area contributed by atoms with Crippen LogP contribution in [0.1, 0.15) is 39.5 Å². The van der Waals surface area contributed by atoms with E-state index in [9.17, 15) is 9.59 Å². The Morgan fingerprint density at radius 1 is 1.16 bits per heavy atom. The highest BCUT2D eigenvalue weighted by atomic mass is 16.5. The van der Waals surface area contributed by atoms with Crippen molar-refractivity contribution in [2.75, 3.05) is 19.8 Å². The molecule has 0 bridgehead atoms. The molecule has 1 N–H and O–H groups in total. The average molecular weight is 272 g/mol. The molecule has 1 unspecified atom stereocenters. The van der Waals surface area contributed by atoms with Crippen molar-refractivity contribution >= 4 is 11.9 Å². The molecule has 0 aromatic heterocycles. The smallest absolute Gasteiger partial charge is 0.331 e. The summed E-state index contributed by atoms with van der Waals surface area (Å²) >= 11 is 0. The van der Waals surface area contributed by atoms with Gasteiger partial charge in [0, 0.05) is 12.2 Å². The lowest BCUT2D eigenvalue weighted by Crippen LogP contribution is -2.13. The summed E-state index contributed by atoms with van der Waals surface area (Å²) < 4.78 is 9.62. The molecule has 0 rings (SSSR count). The molecule has 0 saturated heterocycles. The van der Waals surface area contributed by atoms with Gasteiger partial charge in [-0.1, -0.05) is 33.1 Å². The predicted molar refractivity (Wildman–Crippen MR) is 71.4 cm³/mol. The lowest BCUT2D eigenvalue weighted by Gasteiger charge is -2.13. The van der Waals surface area contributed by atoms with Gasteiger partial charge in [0.05, 0.1) is 13.2 Å². The van der Waals surface area contributed by atoms with Crippen LogP contribution in [0, 0.1) is 5.92 Å². The van der Waals surface area contributed by atoms with Crippen molar-refractivity contribution in [1.82, 2.24) is 0 Å². The monoisotopic (exact) mass is 272 g/mol. The van der Waals surface area contributed by atoms with Crippen molar-refractivity contribution in [3.63, 3.8) is 0 Å². The summed E-state index contributed by atoms with van der Waals surface area (Å²) in [5, 5.41) is 8.44. The van der Waals surface area contributed by atoms with Crippen molar-refractivity contribution in [3.8, 4) is 0 Å². The fourth-order valence-corrected chi connectivity index (χ4v) is 1.48. The molecule has 0 aromatic carbocycles. The number of unbranched alkanes of at least 4 members (excludes halogenated alkanes) is 1. The van der Waals surface area contributed by atoms with E-state index in [-0.39, 0.29) is 13.2 Å². The first-order valence-corrected chi connectivity index (χ1v) is 6.76. The molecule has 5 heteroatoms. The van der Waals surface area contributed by atoms with Gasteiger partial charge in [-0.15, -0.1) is 0 Å². The Morgan fingerprint density at radius 2 is 1.79 bits per heavy atom. The molecule has 1 atom stereocenters. The Kier molecular flexibility index (Phi) is 10.9. The fourth-order valence-electron chi connectivity index (χ4n) is 1.48. The lowest BCUT2D eigenvalue weighted by molar-refractivity contribution is -0.141. The van der Waals surface area contributed by atoms with Gasteiger partial charge in [0.2, 0.25) is 0 Å². The topological polar surface area (TPSA) is 72.8 Å². The first-order valence-electron chi connectivity index (χ1n) is 6.76. The van der Waals surface area contributed by atoms with E-state index in [0.29, 0.717) is 12.5 Å². The molecule has 0 aliphatic rings. The molecular weight excluding hydrogens is 248 g/mol. The minimum absolute atomic E-state index is 0.0762. The number of carbonyl (C=O) groups excluding carboxylic acids is 2. The van der Waals surface area contributed by atoms with E-state index in [1.54, 1.807) is 0 Å². The number of ether oxygens (including phenoxy) is 2. The van der Waals surface area contributed by atoms with Crippen LogP contribution in [0.15, 0.2) is 12.2 Å². The molecular formula is C14H24O5. The van der Waals surface area contributed by atoms with Crippen LogP contribution >= 0.6 is 0 Å². The molecule has 0 fully saturated rings. The van der Waals surface area contributed by atoms with Gasteiger partial charge in [-0.25, -0.2) is 9.59 Å². The average Bonchev–Trinajstić information content (AvgIpc) is 2.43. The van der Waals surface area contributed by atoms with Gasteiger partial charge in [-0.2, -0.15) is 0 Å². The fraction of sp³-hybridized carbons (Fsp3) is 0.714. The zero-order valence-electron chi connectivity index (χ0n) is 11.8. The highest BCUT2D eigenvalue weighted by Crippen LogP contribution is 2.12. The molecule has 19 heavy (non-hydrogen) atoms. The predicted octanol–water partition coefficient (Wildman–Crippen LogP) is 1.84. The van der Waals surface area contributed by atoms with E-state index in [1.807, 2.05) is 0 Å². The minimum Gasteiger partial charge on any atom is -0.462 e. The van der Waals surface area contributed by atoms with Gasteiger partial charge in [0.15, 0.2) is 0 Å². The summed E-state index contributed by atoms with van der Waals surface area (Å²) in [6.07, 6.45) is 6.32. The Bertz CT molecular complexity index is 286.